The molecule has 31 heavy (non-hydrogen) atoms. The number of aromatic nitrogens is 3. The molecule has 1 saturated carbocycles. The van der Waals surface area contributed by atoms with Crippen LogP contribution in [-0.4, -0.2) is 51.0 Å². The maximum Gasteiger partial charge on any atom is 0.253 e. The molecule has 2 aromatic heterocycles. The first-order chi connectivity index (χ1) is 15.2. The Bertz CT molecular complexity index is 804. The first-order valence-corrected chi connectivity index (χ1v) is 12.2. The maximum atomic E-state index is 12.9. The van der Waals surface area contributed by atoms with Gasteiger partial charge >= 0.3 is 0 Å². The number of nitrogens with zero attached hydrogens (tertiary/aromatic N) is 4. The lowest BCUT2D eigenvalue weighted by Crippen LogP contribution is -2.48. The minimum absolute atomic E-state index is 0.000970. The van der Waals surface area contributed by atoms with Crippen molar-refractivity contribution in [2.75, 3.05) is 19.6 Å². The van der Waals surface area contributed by atoms with Crippen LogP contribution in [0.15, 0.2) is 37.1 Å². The second-order valence-corrected chi connectivity index (χ2v) is 9.41. The lowest BCUT2D eigenvalue weighted by atomic mass is 9.83. The van der Waals surface area contributed by atoms with Gasteiger partial charge in [0.25, 0.3) is 5.91 Å². The van der Waals surface area contributed by atoms with Crippen molar-refractivity contribution in [3.63, 3.8) is 0 Å². The summed E-state index contributed by atoms with van der Waals surface area (Å²) < 4.78 is 1.84. The number of pyridine rings is 1. The Morgan fingerprint density at radius 2 is 2.10 bits per heavy atom. The standard InChI is InChI=1S/C25H37N5O/c1-2-3-7-20-8-6-14-29(17-20)18-22-9-4-5-10-23(22)28-25(31)21-11-12-24(27-16-21)30-15-13-26-19-30/h11-13,15-16,19-20,22-23H,2-10,14,17-18H2,1H3,(H,28,31)/t20?,22-,23?/m0/s1. The minimum Gasteiger partial charge on any atom is -0.349 e. The topological polar surface area (TPSA) is 63.1 Å². The van der Waals surface area contributed by atoms with Crippen LogP contribution in [0.3, 0.4) is 0 Å². The van der Waals surface area contributed by atoms with Crippen LogP contribution in [0, 0.1) is 11.8 Å². The Kier molecular flexibility index (Phi) is 7.73. The summed E-state index contributed by atoms with van der Waals surface area (Å²) in [6.07, 6.45) is 18.5. The molecule has 0 radical (unpaired) electrons. The fourth-order valence-corrected chi connectivity index (χ4v) is 5.31. The Balaban J connectivity index is 1.33. The molecule has 3 atom stereocenters. The van der Waals surface area contributed by atoms with Crippen LogP contribution in [-0.2, 0) is 0 Å². The summed E-state index contributed by atoms with van der Waals surface area (Å²) in [7, 11) is 0. The molecule has 4 rings (SSSR count). The van der Waals surface area contributed by atoms with Crippen LogP contribution in [0.1, 0.15) is 75.1 Å². The highest BCUT2D eigenvalue weighted by Crippen LogP contribution is 2.28. The summed E-state index contributed by atoms with van der Waals surface area (Å²) >= 11 is 0. The quantitative estimate of drug-likeness (QED) is 0.681. The van der Waals surface area contributed by atoms with E-state index < -0.39 is 0 Å². The number of amides is 1. The first-order valence-electron chi connectivity index (χ1n) is 12.2. The summed E-state index contributed by atoms with van der Waals surface area (Å²) in [4.78, 5) is 24.1. The Labute approximate surface area is 186 Å². The van der Waals surface area contributed by atoms with Gasteiger partial charge in [0.2, 0.25) is 0 Å². The third kappa shape index (κ3) is 5.94. The van der Waals surface area contributed by atoms with Gasteiger partial charge in [-0.25, -0.2) is 9.97 Å². The fourth-order valence-electron chi connectivity index (χ4n) is 5.31. The predicted octanol–water partition coefficient (Wildman–Crippen LogP) is 4.46. The number of carbonyl (C=O) groups excluding carboxylic acids is 1. The molecule has 2 aliphatic rings. The number of unbranched alkanes of at least 4 members (excludes halogenated alkanes) is 1. The molecule has 1 N–H and O–H groups in total. The number of likely N-dealkylation sites (tertiary alicyclic amines) is 1. The van der Waals surface area contributed by atoms with Crippen molar-refractivity contribution < 1.29 is 4.79 Å². The van der Waals surface area contributed by atoms with Crippen LogP contribution in [0.5, 0.6) is 0 Å². The zero-order valence-corrected chi connectivity index (χ0v) is 18.9. The minimum atomic E-state index is 0.000970. The molecule has 1 amide bonds. The van der Waals surface area contributed by atoms with E-state index in [1.54, 1.807) is 18.7 Å². The third-order valence-electron chi connectivity index (χ3n) is 7.07. The molecule has 2 aromatic rings. The third-order valence-corrected chi connectivity index (χ3v) is 7.07. The molecule has 3 heterocycles. The molecule has 0 aromatic carbocycles. The summed E-state index contributed by atoms with van der Waals surface area (Å²) in [5, 5.41) is 3.35. The number of carbonyl (C=O) groups is 1. The number of rotatable bonds is 8. The van der Waals surface area contributed by atoms with Crippen molar-refractivity contribution >= 4 is 5.91 Å². The average molecular weight is 424 g/mol. The van der Waals surface area contributed by atoms with Crippen molar-refractivity contribution in [3.8, 4) is 5.82 Å². The van der Waals surface area contributed by atoms with Gasteiger partial charge in [0.15, 0.2) is 0 Å². The monoisotopic (exact) mass is 423 g/mol. The van der Waals surface area contributed by atoms with Crippen LogP contribution in [0.2, 0.25) is 0 Å². The van der Waals surface area contributed by atoms with E-state index in [9.17, 15) is 4.79 Å². The second kappa shape index (κ2) is 10.9. The molecule has 1 aliphatic heterocycles. The van der Waals surface area contributed by atoms with Crippen molar-refractivity contribution in [2.45, 2.75) is 70.8 Å². The molecule has 6 heteroatoms. The SMILES string of the molecule is CCCCC1CCCN(C[C@@H]2CCCCC2NC(=O)c2ccc(-n3ccnc3)nc2)C1. The van der Waals surface area contributed by atoms with E-state index in [0.717, 1.165) is 24.7 Å². The van der Waals surface area contributed by atoms with E-state index in [1.165, 1.54) is 64.5 Å². The van der Waals surface area contributed by atoms with Crippen molar-refractivity contribution in [1.82, 2.24) is 24.8 Å². The van der Waals surface area contributed by atoms with Gasteiger partial charge in [-0.3, -0.25) is 9.36 Å². The Hall–Kier alpha value is -2.21. The van der Waals surface area contributed by atoms with E-state index >= 15 is 0 Å². The van der Waals surface area contributed by atoms with Gasteiger partial charge in [-0.2, -0.15) is 0 Å². The first kappa shape index (κ1) is 22.0. The molecule has 2 unspecified atom stereocenters. The summed E-state index contributed by atoms with van der Waals surface area (Å²) in [6.45, 7) is 5.89. The highest BCUT2D eigenvalue weighted by atomic mass is 16.1. The molecule has 168 valence electrons. The van der Waals surface area contributed by atoms with E-state index in [2.05, 4.69) is 27.1 Å². The molecule has 2 fully saturated rings. The van der Waals surface area contributed by atoms with Crippen LogP contribution in [0.4, 0.5) is 0 Å². The normalized spacial score (nSPS) is 24.7. The average Bonchev–Trinajstić information content (AvgIpc) is 3.34. The molecule has 0 spiro atoms. The van der Waals surface area contributed by atoms with Gasteiger partial charge in [-0.1, -0.05) is 32.6 Å². The second-order valence-electron chi connectivity index (χ2n) is 9.41. The van der Waals surface area contributed by atoms with Gasteiger partial charge < -0.3 is 10.2 Å². The number of hydrogen-bond donors (Lipinski definition) is 1. The van der Waals surface area contributed by atoms with E-state index in [4.69, 9.17) is 0 Å². The predicted molar refractivity (Wildman–Crippen MR) is 123 cm³/mol. The van der Waals surface area contributed by atoms with E-state index in [-0.39, 0.29) is 11.9 Å². The highest BCUT2D eigenvalue weighted by molar-refractivity contribution is 5.94. The maximum absolute atomic E-state index is 12.9. The fraction of sp³-hybridized carbons (Fsp3) is 0.640. The molecular weight excluding hydrogens is 386 g/mol. The van der Waals surface area contributed by atoms with Gasteiger partial charge in [-0.15, -0.1) is 0 Å². The molecule has 1 aliphatic carbocycles. The molecule has 6 nitrogen and oxygen atoms in total. The van der Waals surface area contributed by atoms with Crippen molar-refractivity contribution in [2.24, 2.45) is 11.8 Å². The van der Waals surface area contributed by atoms with Crippen LogP contribution < -0.4 is 5.32 Å². The lowest BCUT2D eigenvalue weighted by molar-refractivity contribution is 0.0853. The van der Waals surface area contributed by atoms with Crippen molar-refractivity contribution in [3.05, 3.63) is 42.6 Å². The lowest BCUT2D eigenvalue weighted by Gasteiger charge is -2.39. The van der Waals surface area contributed by atoms with E-state index in [1.807, 2.05) is 22.9 Å². The summed E-state index contributed by atoms with van der Waals surface area (Å²) in [6, 6.07) is 4.00. The number of nitrogens with one attached hydrogen (secondary N) is 1. The summed E-state index contributed by atoms with van der Waals surface area (Å²) in [5.74, 6) is 2.19. The molecular formula is C25H37N5O. The van der Waals surface area contributed by atoms with Crippen LogP contribution in [0.25, 0.3) is 5.82 Å². The van der Waals surface area contributed by atoms with Crippen LogP contribution >= 0.6 is 0 Å². The molecule has 1 saturated heterocycles. The summed E-state index contributed by atoms with van der Waals surface area (Å²) in [5.41, 5.74) is 0.630. The number of imidazole rings is 1. The van der Waals surface area contributed by atoms with Gasteiger partial charge in [0.1, 0.15) is 12.1 Å². The highest BCUT2D eigenvalue weighted by Gasteiger charge is 2.30. The zero-order valence-electron chi connectivity index (χ0n) is 18.9. The van der Waals surface area contributed by atoms with Gasteiger partial charge in [0, 0.05) is 37.7 Å². The van der Waals surface area contributed by atoms with E-state index in [0.29, 0.717) is 11.5 Å². The Morgan fingerprint density at radius 1 is 1.19 bits per heavy atom. The Morgan fingerprint density at radius 3 is 2.87 bits per heavy atom. The number of hydrogen-bond acceptors (Lipinski definition) is 4. The molecule has 0 bridgehead atoms. The smallest absolute Gasteiger partial charge is 0.253 e. The zero-order chi connectivity index (χ0) is 21.5. The van der Waals surface area contributed by atoms with Crippen molar-refractivity contribution in [1.29, 1.82) is 0 Å². The largest absolute Gasteiger partial charge is 0.349 e. The number of piperidine rings is 1. The van der Waals surface area contributed by atoms with Gasteiger partial charge in [0.05, 0.1) is 5.56 Å². The van der Waals surface area contributed by atoms with Gasteiger partial charge in [-0.05, 0) is 62.6 Å².